The molecule has 0 saturated carbocycles. The molecule has 0 saturated heterocycles. The fourth-order valence-electron chi connectivity index (χ4n) is 2.94. The van der Waals surface area contributed by atoms with E-state index in [4.69, 9.17) is 14.6 Å². The average molecular weight is 388 g/mol. The number of carboxylic acids is 1. The van der Waals surface area contributed by atoms with Gasteiger partial charge in [0, 0.05) is 18.9 Å². The third-order valence-corrected chi connectivity index (χ3v) is 5.20. The molecule has 3 rings (SSSR count). The maximum absolute atomic E-state index is 12.7. The van der Waals surface area contributed by atoms with Crippen molar-refractivity contribution < 1.29 is 24.2 Å². The van der Waals surface area contributed by atoms with Crippen molar-refractivity contribution in [3.05, 3.63) is 46.2 Å². The lowest BCUT2D eigenvalue weighted by Crippen LogP contribution is -2.27. The van der Waals surface area contributed by atoms with E-state index in [0.29, 0.717) is 17.9 Å². The molecule has 0 unspecified atom stereocenters. The number of amides is 1. The summed E-state index contributed by atoms with van der Waals surface area (Å²) in [6.45, 7) is 0. The zero-order chi connectivity index (χ0) is 19.4. The molecule has 0 fully saturated rings. The van der Waals surface area contributed by atoms with Crippen molar-refractivity contribution >= 4 is 28.9 Å². The van der Waals surface area contributed by atoms with Crippen LogP contribution in [0.2, 0.25) is 0 Å². The van der Waals surface area contributed by atoms with Crippen LogP contribution in [0.1, 0.15) is 35.7 Å². The number of thiophene rings is 1. The van der Waals surface area contributed by atoms with E-state index < -0.39 is 5.97 Å². The molecule has 1 aromatic carbocycles. The summed E-state index contributed by atoms with van der Waals surface area (Å²) in [4.78, 5) is 24.5. The Kier molecular flexibility index (Phi) is 5.75. The minimum atomic E-state index is -1.01. The van der Waals surface area contributed by atoms with Crippen LogP contribution in [-0.4, -0.2) is 41.9 Å². The van der Waals surface area contributed by atoms with Crippen molar-refractivity contribution in [2.24, 2.45) is 5.10 Å². The first kappa shape index (κ1) is 18.9. The summed E-state index contributed by atoms with van der Waals surface area (Å²) < 4.78 is 10.7. The van der Waals surface area contributed by atoms with Crippen molar-refractivity contribution in [1.82, 2.24) is 5.01 Å². The molecular weight excluding hydrogens is 368 g/mol. The standard InChI is InChI=1S/C19H20N2O5S/c1-25-13-8-12(9-14(10-13)26-2)16-11-15(17-4-3-7-27-17)20-21(16)18(22)5-6-19(23)24/h3-4,7-10,16H,5-6,11H2,1-2H3,(H,23,24)/t16-/m1/s1. The van der Waals surface area contributed by atoms with Crippen LogP contribution in [0, 0.1) is 0 Å². The number of ether oxygens (including phenoxy) is 2. The SMILES string of the molecule is COc1cc(OC)cc([C@H]2CC(c3cccs3)=NN2C(=O)CCC(=O)O)c1. The highest BCUT2D eigenvalue weighted by atomic mass is 32.1. The van der Waals surface area contributed by atoms with Crippen LogP contribution < -0.4 is 9.47 Å². The number of hydrazone groups is 1. The summed E-state index contributed by atoms with van der Waals surface area (Å²) in [7, 11) is 3.13. The van der Waals surface area contributed by atoms with Gasteiger partial charge in [0.2, 0.25) is 5.91 Å². The van der Waals surface area contributed by atoms with Gasteiger partial charge in [0.1, 0.15) is 11.5 Å². The number of hydrogen-bond acceptors (Lipinski definition) is 6. The largest absolute Gasteiger partial charge is 0.497 e. The highest BCUT2D eigenvalue weighted by molar-refractivity contribution is 7.12. The number of rotatable bonds is 7. The lowest BCUT2D eigenvalue weighted by Gasteiger charge is -2.22. The van der Waals surface area contributed by atoms with Gasteiger partial charge in [-0.3, -0.25) is 9.59 Å². The molecule has 0 spiro atoms. The predicted molar refractivity (Wildman–Crippen MR) is 101 cm³/mol. The number of carbonyl (C=O) groups excluding carboxylic acids is 1. The van der Waals surface area contributed by atoms with Gasteiger partial charge < -0.3 is 14.6 Å². The Balaban J connectivity index is 1.94. The quantitative estimate of drug-likeness (QED) is 0.786. The Morgan fingerprint density at radius 1 is 1.22 bits per heavy atom. The number of benzene rings is 1. The first-order valence-electron chi connectivity index (χ1n) is 8.40. The van der Waals surface area contributed by atoms with Crippen LogP contribution in [0.15, 0.2) is 40.8 Å². The van der Waals surface area contributed by atoms with Crippen LogP contribution in [0.4, 0.5) is 0 Å². The summed E-state index contributed by atoms with van der Waals surface area (Å²) in [5, 5.41) is 16.8. The van der Waals surface area contributed by atoms with Crippen molar-refractivity contribution in [3.8, 4) is 11.5 Å². The van der Waals surface area contributed by atoms with Gasteiger partial charge >= 0.3 is 5.97 Å². The number of hydrogen-bond donors (Lipinski definition) is 1. The molecule has 8 heteroatoms. The van der Waals surface area contributed by atoms with Crippen LogP contribution in [0.3, 0.4) is 0 Å². The van der Waals surface area contributed by atoms with Crippen LogP contribution in [0.5, 0.6) is 11.5 Å². The number of carbonyl (C=O) groups is 2. The topological polar surface area (TPSA) is 88.4 Å². The Hall–Kier alpha value is -2.87. The summed E-state index contributed by atoms with van der Waals surface area (Å²) in [6, 6.07) is 9.00. The molecule has 7 nitrogen and oxygen atoms in total. The van der Waals surface area contributed by atoms with Gasteiger partial charge in [-0.2, -0.15) is 5.10 Å². The normalized spacial score (nSPS) is 16.1. The molecule has 0 bridgehead atoms. The zero-order valence-electron chi connectivity index (χ0n) is 15.0. The zero-order valence-corrected chi connectivity index (χ0v) is 15.9. The fraction of sp³-hybridized carbons (Fsp3) is 0.316. The predicted octanol–water partition coefficient (Wildman–Crippen LogP) is 3.31. The minimum Gasteiger partial charge on any atom is -0.497 e. The van der Waals surface area contributed by atoms with Crippen molar-refractivity contribution in [2.45, 2.75) is 25.3 Å². The molecule has 0 radical (unpaired) electrons. The Bertz CT molecular complexity index is 841. The maximum atomic E-state index is 12.7. The van der Waals surface area contributed by atoms with Gasteiger partial charge in [-0.1, -0.05) is 6.07 Å². The summed E-state index contributed by atoms with van der Waals surface area (Å²) in [6.07, 6.45) is 0.206. The first-order chi connectivity index (χ1) is 13.0. The first-order valence-corrected chi connectivity index (χ1v) is 9.28. The highest BCUT2D eigenvalue weighted by Crippen LogP contribution is 2.37. The van der Waals surface area contributed by atoms with Gasteiger partial charge in [-0.15, -0.1) is 11.3 Å². The second kappa shape index (κ2) is 8.22. The second-order valence-electron chi connectivity index (χ2n) is 6.02. The van der Waals surface area contributed by atoms with E-state index >= 15 is 0 Å². The van der Waals surface area contributed by atoms with Gasteiger partial charge in [0.25, 0.3) is 0 Å². The van der Waals surface area contributed by atoms with Crippen molar-refractivity contribution in [2.75, 3.05) is 14.2 Å². The number of methoxy groups -OCH3 is 2. The van der Waals surface area contributed by atoms with Crippen LogP contribution >= 0.6 is 11.3 Å². The average Bonchev–Trinajstić information content (AvgIpc) is 3.35. The summed E-state index contributed by atoms with van der Waals surface area (Å²) >= 11 is 1.55. The molecule has 142 valence electrons. The van der Waals surface area contributed by atoms with E-state index in [2.05, 4.69) is 5.10 Å². The lowest BCUT2D eigenvalue weighted by molar-refractivity contribution is -0.141. The summed E-state index contributed by atoms with van der Waals surface area (Å²) in [5.74, 6) is -0.0981. The summed E-state index contributed by atoms with van der Waals surface area (Å²) in [5.41, 5.74) is 1.63. The molecule has 1 aliphatic heterocycles. The van der Waals surface area contributed by atoms with Gasteiger partial charge in [-0.05, 0) is 29.1 Å². The molecule has 27 heavy (non-hydrogen) atoms. The second-order valence-corrected chi connectivity index (χ2v) is 6.97. The monoisotopic (exact) mass is 388 g/mol. The van der Waals surface area contributed by atoms with Crippen molar-refractivity contribution in [3.63, 3.8) is 0 Å². The van der Waals surface area contributed by atoms with E-state index in [1.807, 2.05) is 29.6 Å². The molecule has 0 aliphatic carbocycles. The Labute approximate surface area is 160 Å². The van der Waals surface area contributed by atoms with Crippen LogP contribution in [0.25, 0.3) is 0 Å². The highest BCUT2D eigenvalue weighted by Gasteiger charge is 2.34. The lowest BCUT2D eigenvalue weighted by atomic mass is 10.00. The van der Waals surface area contributed by atoms with E-state index in [-0.39, 0.29) is 24.8 Å². The molecule has 2 heterocycles. The third kappa shape index (κ3) is 4.28. The molecule has 2 aromatic rings. The molecule has 1 amide bonds. The number of carboxylic acid groups (broad SMARTS) is 1. The van der Waals surface area contributed by atoms with Crippen molar-refractivity contribution in [1.29, 1.82) is 0 Å². The Morgan fingerprint density at radius 2 is 1.93 bits per heavy atom. The number of nitrogens with zero attached hydrogens (tertiary/aromatic N) is 2. The molecule has 1 aliphatic rings. The fourth-order valence-corrected chi connectivity index (χ4v) is 3.66. The molecule has 1 N–H and O–H groups in total. The van der Waals surface area contributed by atoms with E-state index in [1.165, 1.54) is 5.01 Å². The number of aliphatic carboxylic acids is 1. The maximum Gasteiger partial charge on any atom is 0.303 e. The van der Waals surface area contributed by atoms with Gasteiger partial charge in [0.05, 0.1) is 37.3 Å². The van der Waals surface area contributed by atoms with Crippen LogP contribution in [-0.2, 0) is 9.59 Å². The minimum absolute atomic E-state index is 0.103. The van der Waals surface area contributed by atoms with E-state index in [1.54, 1.807) is 31.6 Å². The molecule has 1 aromatic heterocycles. The van der Waals surface area contributed by atoms with Gasteiger partial charge in [-0.25, -0.2) is 5.01 Å². The Morgan fingerprint density at radius 3 is 2.48 bits per heavy atom. The molecule has 1 atom stereocenters. The van der Waals surface area contributed by atoms with Gasteiger partial charge in [0.15, 0.2) is 0 Å². The smallest absolute Gasteiger partial charge is 0.303 e. The van der Waals surface area contributed by atoms with E-state index in [0.717, 1.165) is 16.2 Å². The third-order valence-electron chi connectivity index (χ3n) is 4.28. The molecular formula is C19H20N2O5S. The van der Waals surface area contributed by atoms with E-state index in [9.17, 15) is 9.59 Å².